The average molecular weight is 118 g/mol. The van der Waals surface area contributed by atoms with Gasteiger partial charge in [0.05, 0.1) is 5.69 Å². The number of benzene rings is 1. The summed E-state index contributed by atoms with van der Waals surface area (Å²) in [4.78, 5) is 0. The summed E-state index contributed by atoms with van der Waals surface area (Å²) in [5, 5.41) is 4.30. The van der Waals surface area contributed by atoms with Crippen molar-refractivity contribution in [2.75, 3.05) is 6.54 Å². The minimum absolute atomic E-state index is 0.985. The maximum atomic E-state index is 4.30. The zero-order valence-corrected chi connectivity index (χ0v) is 5.17. The van der Waals surface area contributed by atoms with Crippen LogP contribution in [0.2, 0.25) is 0 Å². The first kappa shape index (κ1) is 4.86. The van der Waals surface area contributed by atoms with E-state index in [4.69, 9.17) is 0 Å². The number of nitrogens with zero attached hydrogens (tertiary/aromatic N) is 1. The molecule has 1 heterocycles. The van der Waals surface area contributed by atoms with Crippen LogP contribution in [0.25, 0.3) is 0 Å². The van der Waals surface area contributed by atoms with Crippen molar-refractivity contribution in [3.05, 3.63) is 29.8 Å². The normalized spacial score (nSPS) is 14.7. The lowest BCUT2D eigenvalue weighted by Crippen LogP contribution is -1.88. The van der Waals surface area contributed by atoms with Crippen LogP contribution >= 0.6 is 0 Å². The molecule has 0 saturated heterocycles. The summed E-state index contributed by atoms with van der Waals surface area (Å²) < 4.78 is 0. The summed E-state index contributed by atoms with van der Waals surface area (Å²) in [5.74, 6) is 0. The van der Waals surface area contributed by atoms with E-state index >= 15 is 0 Å². The molecule has 1 nitrogen and oxygen atoms in total. The molecule has 45 valence electrons. The first-order chi connectivity index (χ1) is 4.47. The second-order valence-electron chi connectivity index (χ2n) is 2.26. The Morgan fingerprint density at radius 2 is 2.11 bits per heavy atom. The van der Waals surface area contributed by atoms with Crippen molar-refractivity contribution in [3.8, 4) is 0 Å². The smallest absolute Gasteiger partial charge is 0.0607 e. The fourth-order valence-electron chi connectivity index (χ4n) is 1.17. The van der Waals surface area contributed by atoms with Crippen LogP contribution in [0.5, 0.6) is 0 Å². The van der Waals surface area contributed by atoms with Gasteiger partial charge < -0.3 is 0 Å². The van der Waals surface area contributed by atoms with Crippen LogP contribution in [0, 0.1) is 0 Å². The van der Waals surface area contributed by atoms with Gasteiger partial charge in [0.15, 0.2) is 0 Å². The van der Waals surface area contributed by atoms with Gasteiger partial charge in [-0.1, -0.05) is 18.2 Å². The minimum Gasteiger partial charge on any atom is -0.285 e. The molecule has 0 unspecified atom stereocenters. The highest BCUT2D eigenvalue weighted by molar-refractivity contribution is 5.47. The fourth-order valence-corrected chi connectivity index (χ4v) is 1.17. The van der Waals surface area contributed by atoms with E-state index in [1.807, 2.05) is 6.07 Å². The molecule has 2 rings (SSSR count). The third-order valence-electron chi connectivity index (χ3n) is 1.65. The molecule has 0 N–H and O–H groups in total. The lowest BCUT2D eigenvalue weighted by atomic mass is 10.2. The summed E-state index contributed by atoms with van der Waals surface area (Å²) in [6.45, 7) is 0.985. The van der Waals surface area contributed by atoms with E-state index in [0.29, 0.717) is 0 Å². The summed E-state index contributed by atoms with van der Waals surface area (Å²) in [6.07, 6.45) is 1.14. The molecular weight excluding hydrogens is 110 g/mol. The first-order valence-electron chi connectivity index (χ1n) is 3.22. The zero-order chi connectivity index (χ0) is 6.10. The number of fused-ring (bicyclic) bond motifs is 1. The van der Waals surface area contributed by atoms with Crippen LogP contribution in [-0.4, -0.2) is 6.54 Å². The largest absolute Gasteiger partial charge is 0.285 e. The molecule has 1 aliphatic heterocycles. The molecule has 1 heteroatoms. The minimum atomic E-state index is 0.985. The Hall–Kier alpha value is -0.980. The lowest BCUT2D eigenvalue weighted by Gasteiger charge is -1.92. The van der Waals surface area contributed by atoms with Gasteiger partial charge in [0.25, 0.3) is 0 Å². The van der Waals surface area contributed by atoms with Gasteiger partial charge in [0.1, 0.15) is 0 Å². The Morgan fingerprint density at radius 1 is 1.22 bits per heavy atom. The topological polar surface area (TPSA) is 14.1 Å². The van der Waals surface area contributed by atoms with E-state index in [2.05, 4.69) is 23.5 Å². The zero-order valence-electron chi connectivity index (χ0n) is 5.17. The number of hydrogen-bond donors (Lipinski definition) is 0. The Balaban J connectivity index is 2.54. The van der Waals surface area contributed by atoms with E-state index in [1.165, 1.54) is 11.3 Å². The van der Waals surface area contributed by atoms with Gasteiger partial charge in [-0.05, 0) is 18.1 Å². The second kappa shape index (κ2) is 1.76. The van der Waals surface area contributed by atoms with Gasteiger partial charge in [-0.3, -0.25) is 5.32 Å². The van der Waals surface area contributed by atoms with Gasteiger partial charge in [0.2, 0.25) is 0 Å². The SMILES string of the molecule is c1ccc2c(c1)CC[N]2. The molecule has 0 aromatic heterocycles. The monoisotopic (exact) mass is 118 g/mol. The Kier molecular flexibility index (Phi) is 0.950. The molecule has 1 aliphatic rings. The van der Waals surface area contributed by atoms with E-state index in [9.17, 15) is 0 Å². The number of hydrogen-bond acceptors (Lipinski definition) is 0. The summed E-state index contributed by atoms with van der Waals surface area (Å²) in [7, 11) is 0. The molecule has 0 aliphatic carbocycles. The molecule has 0 spiro atoms. The summed E-state index contributed by atoms with van der Waals surface area (Å²) in [6, 6.07) is 8.32. The van der Waals surface area contributed by atoms with Crippen LogP contribution in [-0.2, 0) is 6.42 Å². The third-order valence-corrected chi connectivity index (χ3v) is 1.65. The molecule has 9 heavy (non-hydrogen) atoms. The molecule has 1 radical (unpaired) electrons. The van der Waals surface area contributed by atoms with Gasteiger partial charge >= 0.3 is 0 Å². The van der Waals surface area contributed by atoms with Crippen molar-refractivity contribution < 1.29 is 0 Å². The standard InChI is InChI=1S/C8H8N/c1-2-4-8-7(3-1)5-6-9-8/h1-4H,5-6H2. The van der Waals surface area contributed by atoms with Crippen molar-refractivity contribution in [1.82, 2.24) is 5.32 Å². The van der Waals surface area contributed by atoms with Gasteiger partial charge in [-0.15, -0.1) is 0 Å². The summed E-state index contributed by atoms with van der Waals surface area (Å²) in [5.41, 5.74) is 2.59. The molecule has 0 amide bonds. The van der Waals surface area contributed by atoms with Crippen LogP contribution in [0.3, 0.4) is 0 Å². The number of rotatable bonds is 0. The molecular formula is C8H8N. The third kappa shape index (κ3) is 0.689. The molecule has 0 saturated carbocycles. The van der Waals surface area contributed by atoms with Crippen LogP contribution in [0.4, 0.5) is 5.69 Å². The highest BCUT2D eigenvalue weighted by Crippen LogP contribution is 2.20. The quantitative estimate of drug-likeness (QED) is 0.490. The second-order valence-corrected chi connectivity index (χ2v) is 2.26. The van der Waals surface area contributed by atoms with E-state index in [0.717, 1.165) is 13.0 Å². The van der Waals surface area contributed by atoms with Gasteiger partial charge in [0, 0.05) is 6.54 Å². The van der Waals surface area contributed by atoms with Crippen molar-refractivity contribution in [1.29, 1.82) is 0 Å². The highest BCUT2D eigenvalue weighted by atomic mass is 14.9. The molecule has 0 bridgehead atoms. The van der Waals surface area contributed by atoms with Crippen LogP contribution in [0.1, 0.15) is 5.56 Å². The summed E-state index contributed by atoms with van der Waals surface area (Å²) >= 11 is 0. The Morgan fingerprint density at radius 3 is 3.00 bits per heavy atom. The fraction of sp³-hybridized carbons (Fsp3) is 0.250. The van der Waals surface area contributed by atoms with E-state index in [-0.39, 0.29) is 0 Å². The molecule has 1 aromatic rings. The predicted molar refractivity (Wildman–Crippen MR) is 36.8 cm³/mol. The van der Waals surface area contributed by atoms with Crippen molar-refractivity contribution in [2.45, 2.75) is 6.42 Å². The molecule has 0 atom stereocenters. The van der Waals surface area contributed by atoms with Gasteiger partial charge in [-0.25, -0.2) is 0 Å². The average Bonchev–Trinajstić information content (AvgIpc) is 2.33. The Labute approximate surface area is 54.7 Å². The van der Waals surface area contributed by atoms with Crippen molar-refractivity contribution in [3.63, 3.8) is 0 Å². The predicted octanol–water partition coefficient (Wildman–Crippen LogP) is 1.48. The first-order valence-corrected chi connectivity index (χ1v) is 3.22. The van der Waals surface area contributed by atoms with Crippen molar-refractivity contribution >= 4 is 5.69 Å². The maximum Gasteiger partial charge on any atom is 0.0607 e. The van der Waals surface area contributed by atoms with Crippen molar-refractivity contribution in [2.24, 2.45) is 0 Å². The van der Waals surface area contributed by atoms with Crippen LogP contribution < -0.4 is 5.32 Å². The van der Waals surface area contributed by atoms with Crippen LogP contribution in [0.15, 0.2) is 24.3 Å². The van der Waals surface area contributed by atoms with Gasteiger partial charge in [-0.2, -0.15) is 0 Å². The number of para-hydroxylation sites is 1. The van der Waals surface area contributed by atoms with E-state index in [1.54, 1.807) is 0 Å². The van der Waals surface area contributed by atoms with E-state index < -0.39 is 0 Å². The lowest BCUT2D eigenvalue weighted by molar-refractivity contribution is 0.909. The Bertz CT molecular complexity index is 195. The maximum absolute atomic E-state index is 4.30. The highest BCUT2D eigenvalue weighted by Gasteiger charge is 2.07. The molecule has 1 aromatic carbocycles. The molecule has 0 fully saturated rings.